The summed E-state index contributed by atoms with van der Waals surface area (Å²) in [6.07, 6.45) is 5.92. The van der Waals surface area contributed by atoms with Crippen LogP contribution >= 0.6 is 11.3 Å². The van der Waals surface area contributed by atoms with Crippen molar-refractivity contribution in [2.75, 3.05) is 38.5 Å². The largest absolute Gasteiger partial charge is 0.369 e. The minimum Gasteiger partial charge on any atom is -0.369 e. The van der Waals surface area contributed by atoms with Crippen molar-refractivity contribution in [3.63, 3.8) is 0 Å². The van der Waals surface area contributed by atoms with Crippen molar-refractivity contribution in [2.24, 2.45) is 0 Å². The number of anilines is 1. The molecular weight excluding hydrogens is 384 g/mol. The molecule has 1 saturated heterocycles. The minimum absolute atomic E-state index is 0.109. The molecule has 2 aromatic heterocycles. The third-order valence-electron chi connectivity index (χ3n) is 5.81. The lowest BCUT2D eigenvalue weighted by atomic mass is 9.96. The van der Waals surface area contributed by atoms with Crippen molar-refractivity contribution in [1.29, 1.82) is 0 Å². The number of carbonyl (C=O) groups is 1. The molecule has 2 aliphatic heterocycles. The molecule has 4 rings (SSSR count). The predicted molar refractivity (Wildman–Crippen MR) is 115 cm³/mol. The normalized spacial score (nSPS) is 19.8. The Bertz CT molecular complexity index is 882. The molecule has 7 nitrogen and oxygen atoms in total. The number of aromatic nitrogens is 3. The van der Waals surface area contributed by atoms with Crippen LogP contribution < -0.4 is 5.32 Å². The summed E-state index contributed by atoms with van der Waals surface area (Å²) in [6, 6.07) is 0. The molecule has 0 saturated carbocycles. The first kappa shape index (κ1) is 20.2. The van der Waals surface area contributed by atoms with Gasteiger partial charge in [0, 0.05) is 62.0 Å². The highest BCUT2D eigenvalue weighted by Crippen LogP contribution is 2.29. The molecule has 1 atom stereocenters. The average molecular weight is 415 g/mol. The second kappa shape index (κ2) is 8.75. The number of thiazole rings is 1. The number of likely N-dealkylation sites (tertiary alicyclic amines) is 1. The van der Waals surface area contributed by atoms with Gasteiger partial charge in [-0.1, -0.05) is 0 Å². The number of likely N-dealkylation sites (N-methyl/N-ethyl adjacent to an activating group) is 1. The van der Waals surface area contributed by atoms with E-state index >= 15 is 0 Å². The Kier molecular flexibility index (Phi) is 6.10. The van der Waals surface area contributed by atoms with E-state index in [0.29, 0.717) is 12.5 Å². The third kappa shape index (κ3) is 4.75. The van der Waals surface area contributed by atoms with E-state index in [0.717, 1.165) is 73.3 Å². The summed E-state index contributed by atoms with van der Waals surface area (Å²) in [7, 11) is 2.17. The standard InChI is InChI=1S/C21H30N6OS/c1-14-11-23-19(29-14)6-8-22-21-17-13-27(15(2)28)10-7-18(17)24-20(25-21)16-5-4-9-26(3)12-16/h11,16H,4-10,12-13H2,1-3H3,(H,22,24,25)/t16-/m1/s1. The van der Waals surface area contributed by atoms with Crippen LogP contribution in [0.2, 0.25) is 0 Å². The highest BCUT2D eigenvalue weighted by Gasteiger charge is 2.27. The molecule has 0 aromatic carbocycles. The SMILES string of the molecule is CC(=O)N1CCc2nc([C@@H]3CCCN(C)C3)nc(NCCc3ncc(C)s3)c2C1. The number of hydrogen-bond donors (Lipinski definition) is 1. The Morgan fingerprint density at radius 3 is 2.93 bits per heavy atom. The van der Waals surface area contributed by atoms with Crippen molar-refractivity contribution >= 4 is 23.1 Å². The van der Waals surface area contributed by atoms with Crippen LogP contribution in [0.1, 0.15) is 52.6 Å². The Balaban J connectivity index is 1.57. The number of hydrogen-bond acceptors (Lipinski definition) is 7. The van der Waals surface area contributed by atoms with E-state index in [1.165, 1.54) is 11.3 Å². The fraction of sp³-hybridized carbons (Fsp3) is 0.619. The molecule has 1 amide bonds. The zero-order chi connectivity index (χ0) is 20.4. The van der Waals surface area contributed by atoms with E-state index in [1.807, 2.05) is 11.1 Å². The number of piperidine rings is 1. The van der Waals surface area contributed by atoms with E-state index < -0.39 is 0 Å². The minimum atomic E-state index is 0.109. The molecule has 1 fully saturated rings. The van der Waals surface area contributed by atoms with Crippen LogP contribution in [-0.4, -0.2) is 63.9 Å². The van der Waals surface area contributed by atoms with E-state index in [4.69, 9.17) is 9.97 Å². The van der Waals surface area contributed by atoms with Gasteiger partial charge in [-0.05, 0) is 33.4 Å². The highest BCUT2D eigenvalue weighted by atomic mass is 32.1. The van der Waals surface area contributed by atoms with E-state index in [1.54, 1.807) is 18.3 Å². The summed E-state index contributed by atoms with van der Waals surface area (Å²) in [5.74, 6) is 2.35. The number of rotatable bonds is 5. The fourth-order valence-electron chi connectivity index (χ4n) is 4.21. The van der Waals surface area contributed by atoms with Crippen LogP contribution in [0.15, 0.2) is 6.20 Å². The number of nitrogens with zero attached hydrogens (tertiary/aromatic N) is 5. The van der Waals surface area contributed by atoms with Gasteiger partial charge in [-0.2, -0.15) is 0 Å². The Hall–Kier alpha value is -2.06. The Morgan fingerprint density at radius 2 is 2.21 bits per heavy atom. The average Bonchev–Trinajstić information content (AvgIpc) is 3.12. The predicted octanol–water partition coefficient (Wildman–Crippen LogP) is 2.61. The molecule has 0 radical (unpaired) electrons. The summed E-state index contributed by atoms with van der Waals surface area (Å²) in [6.45, 7) is 7.98. The lowest BCUT2D eigenvalue weighted by Crippen LogP contribution is -2.36. The van der Waals surface area contributed by atoms with Crippen LogP contribution in [0.3, 0.4) is 0 Å². The first-order chi connectivity index (χ1) is 14.0. The zero-order valence-corrected chi connectivity index (χ0v) is 18.4. The molecule has 0 aliphatic carbocycles. The molecule has 4 heterocycles. The monoisotopic (exact) mass is 414 g/mol. The van der Waals surface area contributed by atoms with Crippen molar-refractivity contribution in [1.82, 2.24) is 24.8 Å². The Morgan fingerprint density at radius 1 is 1.34 bits per heavy atom. The van der Waals surface area contributed by atoms with Crippen LogP contribution in [-0.2, 0) is 24.2 Å². The molecule has 29 heavy (non-hydrogen) atoms. The van der Waals surface area contributed by atoms with Crippen LogP contribution in [0, 0.1) is 6.92 Å². The molecule has 2 aliphatic rings. The number of carbonyl (C=O) groups excluding carboxylic acids is 1. The zero-order valence-electron chi connectivity index (χ0n) is 17.6. The summed E-state index contributed by atoms with van der Waals surface area (Å²) < 4.78 is 0. The maximum atomic E-state index is 11.9. The maximum absolute atomic E-state index is 11.9. The smallest absolute Gasteiger partial charge is 0.219 e. The lowest BCUT2D eigenvalue weighted by Gasteiger charge is -2.32. The third-order valence-corrected chi connectivity index (χ3v) is 6.79. The van der Waals surface area contributed by atoms with Gasteiger partial charge in [0.25, 0.3) is 0 Å². The number of fused-ring (bicyclic) bond motifs is 1. The summed E-state index contributed by atoms with van der Waals surface area (Å²) in [5, 5.41) is 4.68. The van der Waals surface area contributed by atoms with Gasteiger partial charge >= 0.3 is 0 Å². The summed E-state index contributed by atoms with van der Waals surface area (Å²) in [4.78, 5) is 31.8. The van der Waals surface area contributed by atoms with Gasteiger partial charge in [0.15, 0.2) is 0 Å². The van der Waals surface area contributed by atoms with Crippen molar-refractivity contribution in [3.8, 4) is 0 Å². The van der Waals surface area contributed by atoms with Crippen molar-refractivity contribution in [3.05, 3.63) is 33.2 Å². The van der Waals surface area contributed by atoms with E-state index in [9.17, 15) is 4.79 Å². The van der Waals surface area contributed by atoms with Gasteiger partial charge in [0.2, 0.25) is 5.91 Å². The van der Waals surface area contributed by atoms with E-state index in [-0.39, 0.29) is 5.91 Å². The van der Waals surface area contributed by atoms with Gasteiger partial charge in [0.1, 0.15) is 11.6 Å². The quantitative estimate of drug-likeness (QED) is 0.811. The second-order valence-electron chi connectivity index (χ2n) is 8.19. The molecular formula is C21H30N6OS. The topological polar surface area (TPSA) is 74.2 Å². The fourth-order valence-corrected chi connectivity index (χ4v) is 5.00. The van der Waals surface area contributed by atoms with Crippen LogP contribution in [0.4, 0.5) is 5.82 Å². The first-order valence-electron chi connectivity index (χ1n) is 10.5. The van der Waals surface area contributed by atoms with E-state index in [2.05, 4.69) is 29.2 Å². The number of amides is 1. The Labute approximate surface area is 176 Å². The second-order valence-corrected chi connectivity index (χ2v) is 9.51. The summed E-state index contributed by atoms with van der Waals surface area (Å²) in [5.41, 5.74) is 2.18. The van der Waals surface area contributed by atoms with Gasteiger partial charge in [-0.3, -0.25) is 4.79 Å². The first-order valence-corrected chi connectivity index (χ1v) is 11.3. The number of nitrogens with one attached hydrogen (secondary N) is 1. The molecule has 0 bridgehead atoms. The summed E-state index contributed by atoms with van der Waals surface area (Å²) >= 11 is 1.74. The van der Waals surface area contributed by atoms with Gasteiger partial charge < -0.3 is 15.1 Å². The van der Waals surface area contributed by atoms with Gasteiger partial charge in [0.05, 0.1) is 17.2 Å². The molecule has 8 heteroatoms. The van der Waals surface area contributed by atoms with Crippen molar-refractivity contribution < 1.29 is 4.79 Å². The lowest BCUT2D eigenvalue weighted by molar-refractivity contribution is -0.129. The number of aryl methyl sites for hydroxylation is 1. The van der Waals surface area contributed by atoms with Crippen LogP contribution in [0.25, 0.3) is 0 Å². The maximum Gasteiger partial charge on any atom is 0.219 e. The molecule has 156 valence electrons. The van der Waals surface area contributed by atoms with Gasteiger partial charge in [-0.15, -0.1) is 11.3 Å². The molecule has 0 spiro atoms. The highest BCUT2D eigenvalue weighted by molar-refractivity contribution is 7.11. The van der Waals surface area contributed by atoms with Crippen molar-refractivity contribution in [2.45, 2.75) is 52.0 Å². The van der Waals surface area contributed by atoms with Crippen LogP contribution in [0.5, 0.6) is 0 Å². The van der Waals surface area contributed by atoms with Gasteiger partial charge in [-0.25, -0.2) is 15.0 Å². The molecule has 0 unspecified atom stereocenters. The molecule has 1 N–H and O–H groups in total. The molecule has 2 aromatic rings.